The van der Waals surface area contributed by atoms with Gasteiger partial charge in [0.1, 0.15) is 0 Å². The second kappa shape index (κ2) is 3.90. The topological polar surface area (TPSA) is 9.23 Å². The van der Waals surface area contributed by atoms with Crippen LogP contribution in [0.2, 0.25) is 0 Å². The lowest BCUT2D eigenvalue weighted by Crippen LogP contribution is -2.48. The predicted octanol–water partition coefficient (Wildman–Crippen LogP) is 3.25. The molecule has 14 heavy (non-hydrogen) atoms. The molecule has 0 N–H and O–H groups in total. The number of rotatable bonds is 1. The molecule has 2 aliphatic rings. The van der Waals surface area contributed by atoms with Gasteiger partial charge in [0.25, 0.3) is 0 Å². The molecule has 1 aliphatic carbocycles. The number of hydrogen-bond acceptors (Lipinski definition) is 2. The van der Waals surface area contributed by atoms with Gasteiger partial charge in [-0.15, -0.1) is 0 Å². The molecule has 0 bridgehead atoms. The van der Waals surface area contributed by atoms with Gasteiger partial charge in [0, 0.05) is 11.0 Å². The van der Waals surface area contributed by atoms with Gasteiger partial charge in [0.15, 0.2) is 0 Å². The lowest BCUT2D eigenvalue weighted by atomic mass is 9.77. The monoisotopic (exact) mass is 212 g/mol. The van der Waals surface area contributed by atoms with Crippen LogP contribution in [-0.2, 0) is 4.74 Å². The third kappa shape index (κ3) is 1.87. The molecule has 0 amide bonds. The largest absolute Gasteiger partial charge is 0.373 e. The molecule has 2 fully saturated rings. The molecular formula is C12H20OS. The predicted molar refractivity (Wildman–Crippen MR) is 62.8 cm³/mol. The van der Waals surface area contributed by atoms with Gasteiger partial charge in [-0.05, 0) is 39.0 Å². The fraction of sp³-hybridized carbons (Fsp3) is 0.833. The molecule has 0 aromatic carbocycles. The number of thioether (sulfide) groups is 1. The van der Waals surface area contributed by atoms with Crippen LogP contribution in [-0.4, -0.2) is 23.2 Å². The molecule has 3 atom stereocenters. The van der Waals surface area contributed by atoms with Crippen molar-refractivity contribution in [2.24, 2.45) is 5.92 Å². The lowest BCUT2D eigenvalue weighted by Gasteiger charge is -2.46. The molecule has 1 saturated heterocycles. The van der Waals surface area contributed by atoms with Gasteiger partial charge in [-0.3, -0.25) is 0 Å². The third-order valence-corrected chi connectivity index (χ3v) is 5.20. The molecule has 1 saturated carbocycles. The quantitative estimate of drug-likeness (QED) is 0.617. The van der Waals surface area contributed by atoms with Crippen molar-refractivity contribution in [2.75, 3.05) is 12.4 Å². The van der Waals surface area contributed by atoms with Crippen LogP contribution in [0.25, 0.3) is 0 Å². The summed E-state index contributed by atoms with van der Waals surface area (Å²) in [4.78, 5) is 0. The third-order valence-electron chi connectivity index (χ3n) is 3.70. The van der Waals surface area contributed by atoms with Crippen LogP contribution in [0.4, 0.5) is 0 Å². The van der Waals surface area contributed by atoms with Gasteiger partial charge in [0.2, 0.25) is 0 Å². The van der Waals surface area contributed by atoms with E-state index in [0.717, 1.165) is 12.5 Å². The molecule has 3 unspecified atom stereocenters. The van der Waals surface area contributed by atoms with Crippen LogP contribution in [0.15, 0.2) is 12.2 Å². The van der Waals surface area contributed by atoms with Gasteiger partial charge in [0.05, 0.1) is 12.2 Å². The molecule has 0 aromatic rings. The Kier molecular flexibility index (Phi) is 2.94. The van der Waals surface area contributed by atoms with E-state index in [1.54, 1.807) is 0 Å². The second-order valence-electron chi connectivity index (χ2n) is 4.84. The van der Waals surface area contributed by atoms with Crippen molar-refractivity contribution < 1.29 is 4.74 Å². The maximum Gasteiger partial charge on any atom is 0.0773 e. The summed E-state index contributed by atoms with van der Waals surface area (Å²) in [5.41, 5.74) is 1.52. The molecule has 80 valence electrons. The van der Waals surface area contributed by atoms with Crippen molar-refractivity contribution in [1.29, 1.82) is 0 Å². The average molecular weight is 212 g/mol. The SMILES string of the molecule is C=C(C)C1CCC2(C)OCCSC2C1. The number of allylic oxidation sites excluding steroid dienone is 1. The van der Waals surface area contributed by atoms with Crippen molar-refractivity contribution in [3.05, 3.63) is 12.2 Å². The summed E-state index contributed by atoms with van der Waals surface area (Å²) in [5, 5.41) is 0.701. The summed E-state index contributed by atoms with van der Waals surface area (Å²) in [7, 11) is 0. The molecule has 0 radical (unpaired) electrons. The molecule has 1 nitrogen and oxygen atoms in total. The van der Waals surface area contributed by atoms with E-state index in [1.165, 1.54) is 30.6 Å². The van der Waals surface area contributed by atoms with Gasteiger partial charge in [-0.2, -0.15) is 11.8 Å². The second-order valence-corrected chi connectivity index (χ2v) is 6.15. The average Bonchev–Trinajstić information content (AvgIpc) is 2.16. The summed E-state index contributed by atoms with van der Waals surface area (Å²) >= 11 is 2.10. The van der Waals surface area contributed by atoms with Crippen LogP contribution >= 0.6 is 11.8 Å². The van der Waals surface area contributed by atoms with Crippen molar-refractivity contribution in [3.63, 3.8) is 0 Å². The first kappa shape index (κ1) is 10.6. The summed E-state index contributed by atoms with van der Waals surface area (Å²) < 4.78 is 5.95. The molecular weight excluding hydrogens is 192 g/mol. The van der Waals surface area contributed by atoms with Gasteiger partial charge >= 0.3 is 0 Å². The number of fused-ring (bicyclic) bond motifs is 1. The van der Waals surface area contributed by atoms with Crippen LogP contribution < -0.4 is 0 Å². The van der Waals surface area contributed by atoms with Crippen molar-refractivity contribution >= 4 is 11.8 Å². The summed E-state index contributed by atoms with van der Waals surface area (Å²) in [6.07, 6.45) is 3.75. The molecule has 2 rings (SSSR count). The molecule has 1 aliphatic heterocycles. The van der Waals surface area contributed by atoms with E-state index in [-0.39, 0.29) is 5.60 Å². The highest BCUT2D eigenvalue weighted by molar-refractivity contribution is 8.00. The Labute approximate surface area is 91.3 Å². The fourth-order valence-electron chi connectivity index (χ4n) is 2.57. The van der Waals surface area contributed by atoms with Crippen LogP contribution in [0.5, 0.6) is 0 Å². The highest BCUT2D eigenvalue weighted by Gasteiger charge is 2.43. The standard InChI is InChI=1S/C12H20OS/c1-9(2)10-4-5-12(3)11(8-10)14-7-6-13-12/h10-11H,1,4-8H2,2-3H3. The van der Waals surface area contributed by atoms with Crippen molar-refractivity contribution in [1.82, 2.24) is 0 Å². The zero-order chi connectivity index (χ0) is 10.2. The van der Waals surface area contributed by atoms with Gasteiger partial charge < -0.3 is 4.74 Å². The zero-order valence-electron chi connectivity index (χ0n) is 9.21. The van der Waals surface area contributed by atoms with Gasteiger partial charge in [-0.1, -0.05) is 12.2 Å². The van der Waals surface area contributed by atoms with E-state index in [9.17, 15) is 0 Å². The maximum absolute atomic E-state index is 5.95. The van der Waals surface area contributed by atoms with E-state index in [1.807, 2.05) is 0 Å². The lowest BCUT2D eigenvalue weighted by molar-refractivity contribution is -0.0559. The number of ether oxygens (including phenoxy) is 1. The van der Waals surface area contributed by atoms with Crippen LogP contribution in [0.1, 0.15) is 33.1 Å². The highest BCUT2D eigenvalue weighted by atomic mass is 32.2. The Morgan fingerprint density at radius 3 is 3.07 bits per heavy atom. The smallest absolute Gasteiger partial charge is 0.0773 e. The minimum Gasteiger partial charge on any atom is -0.373 e. The van der Waals surface area contributed by atoms with E-state index in [4.69, 9.17) is 4.74 Å². The van der Waals surface area contributed by atoms with Crippen LogP contribution in [0, 0.1) is 5.92 Å². The Balaban J connectivity index is 2.05. The van der Waals surface area contributed by atoms with Gasteiger partial charge in [-0.25, -0.2) is 0 Å². The molecule has 0 spiro atoms. The molecule has 2 heteroatoms. The highest BCUT2D eigenvalue weighted by Crippen LogP contribution is 2.45. The zero-order valence-corrected chi connectivity index (χ0v) is 10.0. The molecule has 0 aromatic heterocycles. The number of hydrogen-bond donors (Lipinski definition) is 0. The first-order valence-electron chi connectivity index (χ1n) is 5.53. The maximum atomic E-state index is 5.95. The van der Waals surface area contributed by atoms with E-state index in [2.05, 4.69) is 32.2 Å². The molecule has 1 heterocycles. The Morgan fingerprint density at radius 2 is 2.36 bits per heavy atom. The Bertz CT molecular complexity index is 238. The Hall–Kier alpha value is 0.0500. The summed E-state index contributed by atoms with van der Waals surface area (Å²) in [6.45, 7) is 9.49. The van der Waals surface area contributed by atoms with E-state index < -0.39 is 0 Å². The Morgan fingerprint density at radius 1 is 1.57 bits per heavy atom. The fourth-order valence-corrected chi connectivity index (χ4v) is 3.94. The minimum atomic E-state index is 0.162. The van der Waals surface area contributed by atoms with Crippen molar-refractivity contribution in [2.45, 2.75) is 44.0 Å². The first-order chi connectivity index (χ1) is 6.62. The normalized spacial score (nSPS) is 43.0. The summed E-state index contributed by atoms with van der Waals surface area (Å²) in [6, 6.07) is 0. The summed E-state index contributed by atoms with van der Waals surface area (Å²) in [5.74, 6) is 1.91. The van der Waals surface area contributed by atoms with E-state index in [0.29, 0.717) is 5.25 Å². The van der Waals surface area contributed by atoms with Crippen molar-refractivity contribution in [3.8, 4) is 0 Å². The van der Waals surface area contributed by atoms with E-state index >= 15 is 0 Å². The first-order valence-corrected chi connectivity index (χ1v) is 6.58. The van der Waals surface area contributed by atoms with Crippen LogP contribution in [0.3, 0.4) is 0 Å². The minimum absolute atomic E-state index is 0.162.